The van der Waals surface area contributed by atoms with Gasteiger partial charge in [0.15, 0.2) is 5.82 Å². The van der Waals surface area contributed by atoms with Gasteiger partial charge in [0.1, 0.15) is 6.33 Å². The van der Waals surface area contributed by atoms with E-state index in [0.717, 1.165) is 11.1 Å². The van der Waals surface area contributed by atoms with Gasteiger partial charge in [0.25, 0.3) is 0 Å². The summed E-state index contributed by atoms with van der Waals surface area (Å²) in [5.74, 6) is 0.615. The summed E-state index contributed by atoms with van der Waals surface area (Å²) in [7, 11) is -3.69. The minimum atomic E-state index is -3.69. The fourth-order valence-electron chi connectivity index (χ4n) is 2.08. The molecule has 0 aliphatic carbocycles. The molecule has 0 bridgehead atoms. The van der Waals surface area contributed by atoms with E-state index < -0.39 is 10.0 Å². The van der Waals surface area contributed by atoms with Gasteiger partial charge in [0.2, 0.25) is 10.0 Å². The molecule has 0 amide bonds. The molecule has 6 nitrogen and oxygen atoms in total. The Bertz CT molecular complexity index is 959. The number of hydrogen-bond donors (Lipinski definition) is 2. The topological polar surface area (TPSA) is 87.7 Å². The third-order valence-corrected chi connectivity index (χ3v) is 5.42. The highest BCUT2D eigenvalue weighted by molar-refractivity contribution is 7.89. The lowest BCUT2D eigenvalue weighted by atomic mass is 10.1. The van der Waals surface area contributed by atoms with Crippen molar-refractivity contribution in [1.82, 2.24) is 19.9 Å². The molecule has 24 heavy (non-hydrogen) atoms. The van der Waals surface area contributed by atoms with Crippen LogP contribution >= 0.6 is 23.2 Å². The van der Waals surface area contributed by atoms with Crippen LogP contribution in [0.15, 0.2) is 53.7 Å². The van der Waals surface area contributed by atoms with Gasteiger partial charge >= 0.3 is 0 Å². The Hall–Kier alpha value is -1.93. The van der Waals surface area contributed by atoms with Crippen molar-refractivity contribution in [2.45, 2.75) is 11.4 Å². The minimum absolute atomic E-state index is 0.0586. The zero-order valence-electron chi connectivity index (χ0n) is 12.2. The predicted molar refractivity (Wildman–Crippen MR) is 92.3 cm³/mol. The average Bonchev–Trinajstić information content (AvgIpc) is 3.10. The smallest absolute Gasteiger partial charge is 0.240 e. The second-order valence-electron chi connectivity index (χ2n) is 4.93. The zero-order chi connectivity index (χ0) is 17.2. The molecule has 0 saturated carbocycles. The SMILES string of the molecule is O=S(=O)(NCc1cccc(-c2ncn[nH]2)c1)c1ccc(Cl)c(Cl)c1. The number of sulfonamides is 1. The summed E-state index contributed by atoms with van der Waals surface area (Å²) in [4.78, 5) is 4.13. The molecule has 0 radical (unpaired) electrons. The second-order valence-corrected chi connectivity index (χ2v) is 7.52. The van der Waals surface area contributed by atoms with E-state index in [1.54, 1.807) is 0 Å². The summed E-state index contributed by atoms with van der Waals surface area (Å²) in [6, 6.07) is 11.5. The molecule has 3 aromatic rings. The Labute approximate surface area is 148 Å². The number of hydrogen-bond acceptors (Lipinski definition) is 4. The number of rotatable bonds is 5. The van der Waals surface area contributed by atoms with Crippen molar-refractivity contribution < 1.29 is 8.42 Å². The molecular formula is C15H12Cl2N4O2S. The van der Waals surface area contributed by atoms with Crippen LogP contribution in [0.5, 0.6) is 0 Å². The maximum absolute atomic E-state index is 12.3. The molecule has 3 rings (SSSR count). The van der Waals surface area contributed by atoms with Crippen molar-refractivity contribution in [2.24, 2.45) is 0 Å². The Kier molecular flexibility index (Phi) is 4.86. The highest BCUT2D eigenvalue weighted by Crippen LogP contribution is 2.25. The molecule has 0 unspecified atom stereocenters. The fourth-order valence-corrected chi connectivity index (χ4v) is 3.49. The van der Waals surface area contributed by atoms with Crippen molar-refractivity contribution in [2.75, 3.05) is 0 Å². The highest BCUT2D eigenvalue weighted by Gasteiger charge is 2.15. The number of nitrogens with one attached hydrogen (secondary N) is 2. The molecule has 0 fully saturated rings. The lowest BCUT2D eigenvalue weighted by Gasteiger charge is -2.08. The van der Waals surface area contributed by atoms with Gasteiger partial charge in [-0.1, -0.05) is 41.4 Å². The molecule has 1 heterocycles. The van der Waals surface area contributed by atoms with E-state index in [1.807, 2.05) is 24.3 Å². The summed E-state index contributed by atoms with van der Waals surface area (Å²) in [6.45, 7) is 0.130. The number of H-pyrrole nitrogens is 1. The molecule has 0 atom stereocenters. The first-order chi connectivity index (χ1) is 11.5. The van der Waals surface area contributed by atoms with Gasteiger partial charge in [0.05, 0.1) is 14.9 Å². The van der Waals surface area contributed by atoms with Crippen LogP contribution in [0.4, 0.5) is 0 Å². The number of aromatic amines is 1. The van der Waals surface area contributed by atoms with E-state index >= 15 is 0 Å². The largest absolute Gasteiger partial charge is 0.259 e. The lowest BCUT2D eigenvalue weighted by molar-refractivity contribution is 0.581. The zero-order valence-corrected chi connectivity index (χ0v) is 14.5. The monoisotopic (exact) mass is 382 g/mol. The van der Waals surface area contributed by atoms with Crippen LogP contribution in [0.1, 0.15) is 5.56 Å². The normalized spacial score (nSPS) is 11.6. The number of nitrogens with zero attached hydrogens (tertiary/aromatic N) is 2. The van der Waals surface area contributed by atoms with Gasteiger partial charge in [-0.15, -0.1) is 0 Å². The van der Waals surface area contributed by atoms with Crippen molar-refractivity contribution in [1.29, 1.82) is 0 Å². The van der Waals surface area contributed by atoms with E-state index in [-0.39, 0.29) is 16.5 Å². The Morgan fingerprint density at radius 2 is 1.92 bits per heavy atom. The first-order valence-electron chi connectivity index (χ1n) is 6.85. The predicted octanol–water partition coefficient (Wildman–Crippen LogP) is 3.26. The van der Waals surface area contributed by atoms with Crippen molar-refractivity contribution >= 4 is 33.2 Å². The molecule has 9 heteroatoms. The quantitative estimate of drug-likeness (QED) is 0.708. The number of benzene rings is 2. The summed E-state index contributed by atoms with van der Waals surface area (Å²) in [6.07, 6.45) is 1.41. The fraction of sp³-hybridized carbons (Fsp3) is 0.0667. The Morgan fingerprint density at radius 1 is 1.08 bits per heavy atom. The molecular weight excluding hydrogens is 371 g/mol. The number of halogens is 2. The maximum atomic E-state index is 12.3. The van der Waals surface area contributed by atoms with E-state index in [1.165, 1.54) is 24.5 Å². The van der Waals surface area contributed by atoms with E-state index in [9.17, 15) is 8.42 Å². The Morgan fingerprint density at radius 3 is 2.62 bits per heavy atom. The third kappa shape index (κ3) is 3.76. The molecule has 2 N–H and O–H groups in total. The molecule has 0 aliphatic rings. The second kappa shape index (κ2) is 6.90. The maximum Gasteiger partial charge on any atom is 0.240 e. The van der Waals surface area contributed by atoms with Crippen molar-refractivity contribution in [3.8, 4) is 11.4 Å². The molecule has 0 aliphatic heterocycles. The van der Waals surface area contributed by atoms with Crippen molar-refractivity contribution in [3.63, 3.8) is 0 Å². The van der Waals surface area contributed by atoms with E-state index in [0.29, 0.717) is 10.8 Å². The summed E-state index contributed by atoms with van der Waals surface area (Å²) in [5.41, 5.74) is 1.60. The highest BCUT2D eigenvalue weighted by atomic mass is 35.5. The summed E-state index contributed by atoms with van der Waals surface area (Å²) in [5, 5.41) is 7.05. The molecule has 0 saturated heterocycles. The lowest BCUT2D eigenvalue weighted by Crippen LogP contribution is -2.23. The molecule has 0 spiro atoms. The first-order valence-corrected chi connectivity index (χ1v) is 9.09. The van der Waals surface area contributed by atoms with Crippen LogP contribution in [0.3, 0.4) is 0 Å². The van der Waals surface area contributed by atoms with Crippen LogP contribution in [0.25, 0.3) is 11.4 Å². The van der Waals surface area contributed by atoms with Gasteiger partial charge < -0.3 is 0 Å². The third-order valence-electron chi connectivity index (χ3n) is 3.28. The Balaban J connectivity index is 1.77. The van der Waals surface area contributed by atoms with E-state index in [2.05, 4.69) is 19.9 Å². The van der Waals surface area contributed by atoms with Crippen molar-refractivity contribution in [3.05, 3.63) is 64.4 Å². The summed E-state index contributed by atoms with van der Waals surface area (Å²) >= 11 is 11.7. The average molecular weight is 383 g/mol. The van der Waals surface area contributed by atoms with Crippen LogP contribution in [-0.4, -0.2) is 23.6 Å². The minimum Gasteiger partial charge on any atom is -0.259 e. The molecule has 2 aromatic carbocycles. The van der Waals surface area contributed by atoms with Crippen LogP contribution in [0.2, 0.25) is 10.0 Å². The standard InChI is InChI=1S/C15H12Cl2N4O2S/c16-13-5-4-12(7-14(13)17)24(22,23)20-8-10-2-1-3-11(6-10)15-18-9-19-21-15/h1-7,9,20H,8H2,(H,18,19,21). The van der Waals surface area contributed by atoms with Crippen LogP contribution < -0.4 is 4.72 Å². The van der Waals surface area contributed by atoms with Crippen LogP contribution in [0, 0.1) is 0 Å². The summed E-state index contributed by atoms with van der Waals surface area (Å²) < 4.78 is 27.2. The van der Waals surface area contributed by atoms with Gasteiger partial charge in [0, 0.05) is 12.1 Å². The van der Waals surface area contributed by atoms with Gasteiger partial charge in [-0.3, -0.25) is 5.10 Å². The van der Waals surface area contributed by atoms with Gasteiger partial charge in [-0.2, -0.15) is 5.10 Å². The first kappa shape index (κ1) is 16.9. The van der Waals surface area contributed by atoms with Gasteiger partial charge in [-0.25, -0.2) is 18.1 Å². The van der Waals surface area contributed by atoms with E-state index in [4.69, 9.17) is 23.2 Å². The molecule has 124 valence electrons. The van der Waals surface area contributed by atoms with Crippen LogP contribution in [-0.2, 0) is 16.6 Å². The van der Waals surface area contributed by atoms with Gasteiger partial charge in [-0.05, 0) is 29.8 Å². The number of aromatic nitrogens is 3. The molecule has 1 aromatic heterocycles.